The van der Waals surface area contributed by atoms with Crippen molar-refractivity contribution in [2.75, 3.05) is 5.32 Å². The molecule has 0 radical (unpaired) electrons. The summed E-state index contributed by atoms with van der Waals surface area (Å²) < 4.78 is 43.7. The van der Waals surface area contributed by atoms with Crippen molar-refractivity contribution >= 4 is 16.9 Å². The van der Waals surface area contributed by atoms with E-state index in [0.29, 0.717) is 16.9 Å². The third kappa shape index (κ3) is 3.58. The molecule has 1 aromatic carbocycles. The third-order valence-electron chi connectivity index (χ3n) is 5.90. The first-order valence-electron chi connectivity index (χ1n) is 10.1. The number of nitrogens with one attached hydrogen (secondary N) is 1. The van der Waals surface area contributed by atoms with Gasteiger partial charge in [-0.05, 0) is 31.4 Å². The molecule has 4 rings (SSSR count). The molecule has 160 valence electrons. The molecule has 5 nitrogen and oxygen atoms in total. The third-order valence-corrected chi connectivity index (χ3v) is 5.90. The standard InChI is InChI=1S/C23H22F3N5/c1-13(2)23(25,26)17-6-4-5-15(19(17)24)10-28-20-16-9-18(22(11-27)7-8-22)14(3)31-21(16)30-12-29-20/h4-6,9,12-13H,7-8,10H2,1-3H3,(H,28,29,30,31). The summed E-state index contributed by atoms with van der Waals surface area (Å²) in [6, 6.07) is 8.24. The second-order valence-electron chi connectivity index (χ2n) is 8.32. The minimum Gasteiger partial charge on any atom is -0.365 e. The number of aromatic nitrogens is 3. The van der Waals surface area contributed by atoms with Gasteiger partial charge in [0.15, 0.2) is 5.65 Å². The highest BCUT2D eigenvalue weighted by molar-refractivity contribution is 5.87. The Labute approximate surface area is 178 Å². The Balaban J connectivity index is 1.68. The summed E-state index contributed by atoms with van der Waals surface area (Å²) in [5, 5.41) is 13.2. The van der Waals surface area contributed by atoms with Gasteiger partial charge in [0.05, 0.1) is 22.4 Å². The number of alkyl halides is 2. The van der Waals surface area contributed by atoms with Gasteiger partial charge in [-0.2, -0.15) is 5.26 Å². The highest BCUT2D eigenvalue weighted by atomic mass is 19.3. The SMILES string of the molecule is Cc1nc2ncnc(NCc3cccc(C(F)(F)C(C)C)c3F)c2cc1C1(C#N)CC1. The zero-order valence-electron chi connectivity index (χ0n) is 17.5. The number of halogens is 3. The lowest BCUT2D eigenvalue weighted by Crippen LogP contribution is -2.23. The van der Waals surface area contributed by atoms with Crippen LogP contribution in [0.5, 0.6) is 0 Å². The molecule has 1 saturated carbocycles. The first kappa shape index (κ1) is 21.0. The van der Waals surface area contributed by atoms with E-state index in [4.69, 9.17) is 0 Å². The van der Waals surface area contributed by atoms with Crippen LogP contribution in [0.2, 0.25) is 0 Å². The van der Waals surface area contributed by atoms with E-state index in [-0.39, 0.29) is 12.1 Å². The Kier molecular flexibility index (Phi) is 5.08. The number of anilines is 1. The molecule has 31 heavy (non-hydrogen) atoms. The van der Waals surface area contributed by atoms with Crippen molar-refractivity contribution < 1.29 is 13.2 Å². The monoisotopic (exact) mass is 425 g/mol. The highest BCUT2D eigenvalue weighted by Crippen LogP contribution is 2.49. The molecule has 1 aliphatic carbocycles. The van der Waals surface area contributed by atoms with Crippen LogP contribution in [0.15, 0.2) is 30.6 Å². The minimum atomic E-state index is -3.27. The van der Waals surface area contributed by atoms with Gasteiger partial charge in [-0.25, -0.2) is 28.1 Å². The highest BCUT2D eigenvalue weighted by Gasteiger charge is 2.46. The van der Waals surface area contributed by atoms with Crippen molar-refractivity contribution in [3.63, 3.8) is 0 Å². The van der Waals surface area contributed by atoms with Gasteiger partial charge in [0.2, 0.25) is 0 Å². The van der Waals surface area contributed by atoms with E-state index in [0.717, 1.165) is 30.2 Å². The largest absolute Gasteiger partial charge is 0.365 e. The Morgan fingerprint density at radius 1 is 1.26 bits per heavy atom. The quantitative estimate of drug-likeness (QED) is 0.573. The zero-order chi connectivity index (χ0) is 22.4. The van der Waals surface area contributed by atoms with Gasteiger partial charge in [-0.15, -0.1) is 0 Å². The first-order valence-corrected chi connectivity index (χ1v) is 10.1. The van der Waals surface area contributed by atoms with Crippen LogP contribution in [-0.4, -0.2) is 15.0 Å². The number of hydrogen-bond acceptors (Lipinski definition) is 5. The summed E-state index contributed by atoms with van der Waals surface area (Å²) in [6.07, 6.45) is 2.89. The predicted octanol–water partition coefficient (Wildman–Crippen LogP) is 5.39. The summed E-state index contributed by atoms with van der Waals surface area (Å²) >= 11 is 0. The molecule has 0 aliphatic heterocycles. The Morgan fingerprint density at radius 3 is 2.65 bits per heavy atom. The van der Waals surface area contributed by atoms with Crippen molar-refractivity contribution in [2.24, 2.45) is 5.92 Å². The number of nitriles is 1. The van der Waals surface area contributed by atoms with Gasteiger partial charge >= 0.3 is 0 Å². The van der Waals surface area contributed by atoms with Gasteiger partial charge in [-0.1, -0.05) is 32.0 Å². The van der Waals surface area contributed by atoms with E-state index in [1.54, 1.807) is 0 Å². The van der Waals surface area contributed by atoms with Gasteiger partial charge in [0.25, 0.3) is 5.92 Å². The van der Waals surface area contributed by atoms with E-state index in [9.17, 15) is 18.4 Å². The Morgan fingerprint density at radius 2 is 2.00 bits per heavy atom. The van der Waals surface area contributed by atoms with E-state index in [1.807, 2.05) is 13.0 Å². The van der Waals surface area contributed by atoms with E-state index in [2.05, 4.69) is 26.3 Å². The first-order chi connectivity index (χ1) is 14.7. The molecular formula is C23H22F3N5. The summed E-state index contributed by atoms with van der Waals surface area (Å²) in [4.78, 5) is 12.9. The van der Waals surface area contributed by atoms with E-state index >= 15 is 0 Å². The number of aryl methyl sites for hydroxylation is 1. The predicted molar refractivity (Wildman–Crippen MR) is 111 cm³/mol. The van der Waals surface area contributed by atoms with Crippen LogP contribution in [0, 0.1) is 30.0 Å². The molecule has 3 aromatic rings. The molecule has 0 unspecified atom stereocenters. The van der Waals surface area contributed by atoms with Crippen LogP contribution >= 0.6 is 0 Å². The van der Waals surface area contributed by atoms with Gasteiger partial charge in [0.1, 0.15) is 18.0 Å². The molecule has 0 atom stereocenters. The molecule has 0 spiro atoms. The van der Waals surface area contributed by atoms with Crippen LogP contribution in [0.1, 0.15) is 49.1 Å². The summed E-state index contributed by atoms with van der Waals surface area (Å²) in [5.74, 6) is -4.82. The maximum atomic E-state index is 14.9. The maximum Gasteiger partial charge on any atom is 0.278 e. The van der Waals surface area contributed by atoms with Gasteiger partial charge < -0.3 is 5.32 Å². The van der Waals surface area contributed by atoms with Crippen molar-refractivity contribution in [3.05, 3.63) is 58.8 Å². The zero-order valence-corrected chi connectivity index (χ0v) is 17.5. The molecule has 0 bridgehead atoms. The molecule has 8 heteroatoms. The molecule has 2 aromatic heterocycles. The van der Waals surface area contributed by atoms with Crippen LogP contribution < -0.4 is 5.32 Å². The number of benzene rings is 1. The van der Waals surface area contributed by atoms with Crippen LogP contribution in [-0.2, 0) is 17.9 Å². The molecule has 1 aliphatic rings. The Bertz CT molecular complexity index is 1200. The topological polar surface area (TPSA) is 74.5 Å². The summed E-state index contributed by atoms with van der Waals surface area (Å²) in [5.41, 5.74) is 1.00. The van der Waals surface area contributed by atoms with Crippen molar-refractivity contribution in [2.45, 2.75) is 51.5 Å². The fourth-order valence-corrected chi connectivity index (χ4v) is 3.73. The molecule has 1 N–H and O–H groups in total. The lowest BCUT2D eigenvalue weighted by molar-refractivity contribution is -0.0544. The van der Waals surface area contributed by atoms with Crippen LogP contribution in [0.3, 0.4) is 0 Å². The minimum absolute atomic E-state index is 0.0352. The average molecular weight is 425 g/mol. The van der Waals surface area contributed by atoms with Gasteiger partial charge in [-0.3, -0.25) is 0 Å². The van der Waals surface area contributed by atoms with Crippen molar-refractivity contribution in [1.82, 2.24) is 15.0 Å². The summed E-state index contributed by atoms with van der Waals surface area (Å²) in [7, 11) is 0. The Hall–Kier alpha value is -3.21. The van der Waals surface area contributed by atoms with Crippen LogP contribution in [0.4, 0.5) is 19.0 Å². The maximum absolute atomic E-state index is 14.9. The van der Waals surface area contributed by atoms with E-state index in [1.165, 1.54) is 32.3 Å². The van der Waals surface area contributed by atoms with E-state index < -0.39 is 28.6 Å². The second-order valence-corrected chi connectivity index (χ2v) is 8.32. The number of nitrogens with zero attached hydrogens (tertiary/aromatic N) is 4. The normalized spacial score (nSPS) is 15.2. The molecule has 0 saturated heterocycles. The lowest BCUT2D eigenvalue weighted by atomic mass is 9.95. The lowest BCUT2D eigenvalue weighted by Gasteiger charge is -2.22. The van der Waals surface area contributed by atoms with Crippen molar-refractivity contribution in [1.29, 1.82) is 5.26 Å². The van der Waals surface area contributed by atoms with Gasteiger partial charge in [0, 0.05) is 23.7 Å². The van der Waals surface area contributed by atoms with Crippen molar-refractivity contribution in [3.8, 4) is 6.07 Å². The van der Waals surface area contributed by atoms with Crippen LogP contribution in [0.25, 0.3) is 11.0 Å². The number of fused-ring (bicyclic) bond motifs is 1. The molecule has 0 amide bonds. The second kappa shape index (κ2) is 7.49. The smallest absolute Gasteiger partial charge is 0.278 e. The molecule has 2 heterocycles. The number of pyridine rings is 1. The molecular weight excluding hydrogens is 403 g/mol. The average Bonchev–Trinajstić information content (AvgIpc) is 3.53. The summed E-state index contributed by atoms with van der Waals surface area (Å²) in [6.45, 7) is 4.53. The fourth-order valence-electron chi connectivity index (χ4n) is 3.73. The number of hydrogen-bond donors (Lipinski definition) is 1. The molecule has 1 fully saturated rings. The number of rotatable bonds is 6. The fraction of sp³-hybridized carbons (Fsp3) is 0.391.